The molecule has 1 aliphatic carbocycles. The molecular formula is C11H20N4. The first-order valence-electron chi connectivity index (χ1n) is 5.68. The highest BCUT2D eigenvalue weighted by molar-refractivity contribution is 5.59. The van der Waals surface area contributed by atoms with Crippen LogP contribution >= 0.6 is 0 Å². The lowest BCUT2D eigenvalue weighted by atomic mass is 10.0. The Morgan fingerprint density at radius 1 is 1.60 bits per heavy atom. The first-order valence-corrected chi connectivity index (χ1v) is 5.68. The zero-order chi connectivity index (χ0) is 10.9. The summed E-state index contributed by atoms with van der Waals surface area (Å²) in [6, 6.07) is 0. The summed E-state index contributed by atoms with van der Waals surface area (Å²) < 4.78 is 1.75. The molecule has 1 aliphatic rings. The van der Waals surface area contributed by atoms with Crippen molar-refractivity contribution in [1.82, 2.24) is 9.78 Å². The number of nitrogens with two attached hydrogens (primary N) is 1. The summed E-state index contributed by atoms with van der Waals surface area (Å²) >= 11 is 0. The van der Waals surface area contributed by atoms with E-state index in [1.165, 1.54) is 25.7 Å². The largest absolute Gasteiger partial charge is 0.394 e. The van der Waals surface area contributed by atoms with Gasteiger partial charge in [0.05, 0.1) is 5.69 Å². The van der Waals surface area contributed by atoms with Gasteiger partial charge >= 0.3 is 0 Å². The number of rotatable bonds is 5. The topological polar surface area (TPSA) is 55.9 Å². The van der Waals surface area contributed by atoms with Gasteiger partial charge in [-0.15, -0.1) is 0 Å². The van der Waals surface area contributed by atoms with E-state index in [0.29, 0.717) is 5.41 Å². The average Bonchev–Trinajstić information content (AvgIpc) is 2.86. The van der Waals surface area contributed by atoms with E-state index in [1.54, 1.807) is 4.68 Å². The van der Waals surface area contributed by atoms with E-state index in [9.17, 15) is 0 Å². The molecule has 0 saturated heterocycles. The fourth-order valence-corrected chi connectivity index (χ4v) is 2.14. The zero-order valence-corrected chi connectivity index (χ0v) is 9.58. The lowest BCUT2D eigenvalue weighted by Gasteiger charge is -2.14. The van der Waals surface area contributed by atoms with E-state index in [1.807, 2.05) is 13.2 Å². The molecule has 1 fully saturated rings. The molecule has 1 aromatic heterocycles. The van der Waals surface area contributed by atoms with Crippen LogP contribution in [-0.2, 0) is 7.05 Å². The molecule has 4 heteroatoms. The Bertz CT molecular complexity index is 338. The van der Waals surface area contributed by atoms with E-state index in [0.717, 1.165) is 18.1 Å². The van der Waals surface area contributed by atoms with Crippen LogP contribution in [0, 0.1) is 5.41 Å². The Labute approximate surface area is 90.8 Å². The monoisotopic (exact) mass is 208 g/mol. The van der Waals surface area contributed by atoms with Crippen LogP contribution in [0.3, 0.4) is 0 Å². The zero-order valence-electron chi connectivity index (χ0n) is 9.58. The minimum Gasteiger partial charge on any atom is -0.394 e. The third kappa shape index (κ3) is 2.25. The summed E-state index contributed by atoms with van der Waals surface area (Å²) in [5, 5.41) is 7.65. The summed E-state index contributed by atoms with van der Waals surface area (Å²) in [6.07, 6.45) is 7.11. The minimum atomic E-state index is 0.540. The van der Waals surface area contributed by atoms with Crippen molar-refractivity contribution in [3.8, 4) is 0 Å². The highest BCUT2D eigenvalue weighted by atomic mass is 15.3. The Kier molecular flexibility index (Phi) is 2.59. The quantitative estimate of drug-likeness (QED) is 0.778. The smallest absolute Gasteiger partial charge is 0.171 e. The lowest BCUT2D eigenvalue weighted by molar-refractivity contribution is 0.485. The molecule has 1 aromatic rings. The van der Waals surface area contributed by atoms with E-state index in [2.05, 4.69) is 17.3 Å². The number of hydrogen-bond acceptors (Lipinski definition) is 3. The second kappa shape index (κ2) is 3.76. The number of nitrogens with one attached hydrogen (secondary N) is 1. The van der Waals surface area contributed by atoms with Crippen LogP contribution in [0.5, 0.6) is 0 Å². The molecule has 0 unspecified atom stereocenters. The van der Waals surface area contributed by atoms with Gasteiger partial charge in [-0.3, -0.25) is 4.68 Å². The van der Waals surface area contributed by atoms with Crippen molar-refractivity contribution in [2.24, 2.45) is 12.5 Å². The van der Waals surface area contributed by atoms with Crippen LogP contribution in [-0.4, -0.2) is 16.3 Å². The van der Waals surface area contributed by atoms with Crippen molar-refractivity contribution in [2.75, 3.05) is 17.6 Å². The van der Waals surface area contributed by atoms with E-state index >= 15 is 0 Å². The predicted molar refractivity (Wildman–Crippen MR) is 62.7 cm³/mol. The van der Waals surface area contributed by atoms with Crippen molar-refractivity contribution in [3.05, 3.63) is 6.20 Å². The molecule has 1 heterocycles. The van der Waals surface area contributed by atoms with Crippen molar-refractivity contribution in [2.45, 2.75) is 32.6 Å². The van der Waals surface area contributed by atoms with Crippen molar-refractivity contribution < 1.29 is 0 Å². The highest BCUT2D eigenvalue weighted by Gasteiger charge is 2.41. The van der Waals surface area contributed by atoms with Gasteiger partial charge < -0.3 is 11.1 Å². The Hall–Kier alpha value is -1.19. The van der Waals surface area contributed by atoms with Gasteiger partial charge in [0.25, 0.3) is 0 Å². The molecule has 15 heavy (non-hydrogen) atoms. The van der Waals surface area contributed by atoms with Gasteiger partial charge in [-0.1, -0.05) is 13.3 Å². The first kappa shape index (κ1) is 10.3. The molecule has 84 valence electrons. The van der Waals surface area contributed by atoms with Crippen LogP contribution in [0.1, 0.15) is 32.6 Å². The molecule has 0 spiro atoms. The molecule has 0 aliphatic heterocycles. The van der Waals surface area contributed by atoms with Crippen LogP contribution in [0.4, 0.5) is 11.5 Å². The van der Waals surface area contributed by atoms with Gasteiger partial charge in [-0.05, 0) is 24.7 Å². The number of anilines is 2. The van der Waals surface area contributed by atoms with Gasteiger partial charge in [-0.25, -0.2) is 0 Å². The summed E-state index contributed by atoms with van der Waals surface area (Å²) in [4.78, 5) is 0. The predicted octanol–water partition coefficient (Wildman–Crippen LogP) is 1.99. The summed E-state index contributed by atoms with van der Waals surface area (Å²) in [5.41, 5.74) is 7.10. The molecule has 0 atom stereocenters. The maximum absolute atomic E-state index is 5.82. The fraction of sp³-hybridized carbons (Fsp3) is 0.727. The van der Waals surface area contributed by atoms with Gasteiger partial charge in [0, 0.05) is 19.8 Å². The number of nitrogens with zero attached hydrogens (tertiary/aromatic N) is 2. The molecule has 2 rings (SSSR count). The van der Waals surface area contributed by atoms with Crippen LogP contribution in [0.25, 0.3) is 0 Å². The average molecular weight is 208 g/mol. The Balaban J connectivity index is 1.90. The lowest BCUT2D eigenvalue weighted by Crippen LogP contribution is -2.16. The van der Waals surface area contributed by atoms with Crippen molar-refractivity contribution in [1.29, 1.82) is 0 Å². The molecule has 0 aromatic carbocycles. The molecule has 0 amide bonds. The first-order chi connectivity index (χ1) is 7.15. The Morgan fingerprint density at radius 2 is 2.33 bits per heavy atom. The minimum absolute atomic E-state index is 0.540. The van der Waals surface area contributed by atoms with E-state index in [-0.39, 0.29) is 0 Å². The second-order valence-electron chi connectivity index (χ2n) is 4.71. The van der Waals surface area contributed by atoms with Crippen LogP contribution < -0.4 is 11.1 Å². The van der Waals surface area contributed by atoms with Gasteiger partial charge in [-0.2, -0.15) is 5.10 Å². The standard InChI is InChI=1S/C11H20N4/c1-3-4-11(5-6-11)8-13-10-9(12)7-15(2)14-10/h7H,3-6,8,12H2,1-2H3,(H,13,14). The highest BCUT2D eigenvalue weighted by Crippen LogP contribution is 2.49. The van der Waals surface area contributed by atoms with Crippen molar-refractivity contribution >= 4 is 11.5 Å². The van der Waals surface area contributed by atoms with Gasteiger partial charge in [0.1, 0.15) is 0 Å². The molecular weight excluding hydrogens is 188 g/mol. The van der Waals surface area contributed by atoms with Crippen molar-refractivity contribution in [3.63, 3.8) is 0 Å². The maximum Gasteiger partial charge on any atom is 0.171 e. The maximum atomic E-state index is 5.82. The third-order valence-electron chi connectivity index (χ3n) is 3.23. The summed E-state index contributed by atoms with van der Waals surface area (Å²) in [5.74, 6) is 0.833. The molecule has 0 bridgehead atoms. The summed E-state index contributed by atoms with van der Waals surface area (Å²) in [6.45, 7) is 3.26. The normalized spacial score (nSPS) is 17.7. The molecule has 1 saturated carbocycles. The number of hydrogen-bond donors (Lipinski definition) is 2. The van der Waals surface area contributed by atoms with E-state index in [4.69, 9.17) is 5.73 Å². The fourth-order valence-electron chi connectivity index (χ4n) is 2.14. The van der Waals surface area contributed by atoms with Gasteiger partial charge in [0.15, 0.2) is 5.82 Å². The second-order valence-corrected chi connectivity index (χ2v) is 4.71. The molecule has 0 radical (unpaired) electrons. The van der Waals surface area contributed by atoms with E-state index < -0.39 is 0 Å². The molecule has 3 N–H and O–H groups in total. The number of aryl methyl sites for hydroxylation is 1. The van der Waals surface area contributed by atoms with Gasteiger partial charge in [0.2, 0.25) is 0 Å². The third-order valence-corrected chi connectivity index (χ3v) is 3.23. The molecule has 4 nitrogen and oxygen atoms in total. The summed E-state index contributed by atoms with van der Waals surface area (Å²) in [7, 11) is 1.89. The number of aromatic nitrogens is 2. The SMILES string of the molecule is CCCC1(CNc2nn(C)cc2N)CC1. The van der Waals surface area contributed by atoms with Crippen LogP contribution in [0.2, 0.25) is 0 Å². The Morgan fingerprint density at radius 3 is 2.80 bits per heavy atom. The van der Waals surface area contributed by atoms with Crippen LogP contribution in [0.15, 0.2) is 6.20 Å². The number of nitrogen functional groups attached to an aromatic ring is 1.